The monoisotopic (exact) mass is 521 g/mol. The van der Waals surface area contributed by atoms with Gasteiger partial charge < -0.3 is 21.1 Å². The minimum absolute atomic E-state index is 0.00443. The number of amides is 2. The Morgan fingerprint density at radius 1 is 1.05 bits per heavy atom. The summed E-state index contributed by atoms with van der Waals surface area (Å²) in [6, 6.07) is 7.99. The highest BCUT2D eigenvalue weighted by atomic mass is 19.4. The van der Waals surface area contributed by atoms with Gasteiger partial charge >= 0.3 is 6.18 Å². The highest BCUT2D eigenvalue weighted by Crippen LogP contribution is 2.36. The van der Waals surface area contributed by atoms with Crippen molar-refractivity contribution in [1.29, 1.82) is 0 Å². The standard InChI is InChI=1S/C24H20F5N5O3/c1-2-30-22(36)23(37,11-24(27,28)29)12-6-8-13(9-7-12)32-20-18-16(10-31-21(18)35)33-19(34-20)17-14(25)4-3-5-15(17)26/h3-9,37H,2,10-11H2,1H3,(H,30,36)(H,31,35)(H,32,33,34)/t23-/m0/s1. The van der Waals surface area contributed by atoms with Crippen LogP contribution in [-0.4, -0.2) is 39.6 Å². The number of hydrogen-bond donors (Lipinski definition) is 4. The van der Waals surface area contributed by atoms with Gasteiger partial charge in [0, 0.05) is 12.2 Å². The number of aromatic nitrogens is 2. The second kappa shape index (κ2) is 9.73. The Kier molecular flexibility index (Phi) is 6.82. The van der Waals surface area contributed by atoms with E-state index in [-0.39, 0.29) is 47.2 Å². The Labute approximate surface area is 206 Å². The van der Waals surface area contributed by atoms with E-state index in [4.69, 9.17) is 0 Å². The lowest BCUT2D eigenvalue weighted by Gasteiger charge is -2.28. The van der Waals surface area contributed by atoms with Gasteiger partial charge in [0.05, 0.1) is 24.2 Å². The molecule has 0 fully saturated rings. The third kappa shape index (κ3) is 5.21. The molecule has 2 amide bonds. The van der Waals surface area contributed by atoms with Crippen molar-refractivity contribution >= 4 is 23.3 Å². The highest BCUT2D eigenvalue weighted by molar-refractivity contribution is 6.03. The van der Waals surface area contributed by atoms with Gasteiger partial charge in [-0.2, -0.15) is 13.2 Å². The number of carbonyl (C=O) groups is 2. The topological polar surface area (TPSA) is 116 Å². The number of rotatable bonds is 7. The van der Waals surface area contributed by atoms with Crippen LogP contribution >= 0.6 is 0 Å². The number of fused-ring (bicyclic) bond motifs is 1. The molecule has 1 aliphatic rings. The maximum atomic E-state index is 14.4. The van der Waals surface area contributed by atoms with Crippen LogP contribution < -0.4 is 16.0 Å². The van der Waals surface area contributed by atoms with Gasteiger partial charge in [-0.05, 0) is 36.8 Å². The number of anilines is 2. The van der Waals surface area contributed by atoms with E-state index in [1.54, 1.807) is 0 Å². The van der Waals surface area contributed by atoms with Crippen LogP contribution in [0.3, 0.4) is 0 Å². The molecule has 0 aliphatic carbocycles. The van der Waals surface area contributed by atoms with Gasteiger partial charge in [0.2, 0.25) is 0 Å². The summed E-state index contributed by atoms with van der Waals surface area (Å²) in [5.41, 5.74) is -3.27. The zero-order valence-corrected chi connectivity index (χ0v) is 19.2. The molecule has 3 aromatic rings. The SMILES string of the molecule is CCNC(=O)[C@](O)(CC(F)(F)F)c1ccc(Nc2nc(-c3c(F)cccc3F)nc3c2C(=O)NC3)cc1. The van der Waals surface area contributed by atoms with Crippen LogP contribution in [-0.2, 0) is 16.9 Å². The summed E-state index contributed by atoms with van der Waals surface area (Å²) in [4.78, 5) is 32.9. The molecule has 4 N–H and O–H groups in total. The smallest absolute Gasteiger partial charge is 0.375 e. The van der Waals surface area contributed by atoms with Crippen molar-refractivity contribution in [3.8, 4) is 11.4 Å². The van der Waals surface area contributed by atoms with Crippen molar-refractivity contribution < 1.29 is 36.6 Å². The minimum atomic E-state index is -4.84. The zero-order valence-electron chi connectivity index (χ0n) is 19.2. The van der Waals surface area contributed by atoms with Crippen molar-refractivity contribution in [2.75, 3.05) is 11.9 Å². The summed E-state index contributed by atoms with van der Waals surface area (Å²) < 4.78 is 68.1. The maximum absolute atomic E-state index is 14.4. The summed E-state index contributed by atoms with van der Waals surface area (Å²) >= 11 is 0. The molecule has 8 nitrogen and oxygen atoms in total. The normalized spacial score (nSPS) is 14.5. The van der Waals surface area contributed by atoms with Gasteiger partial charge in [-0.15, -0.1) is 0 Å². The van der Waals surface area contributed by atoms with Gasteiger partial charge in [0.15, 0.2) is 11.4 Å². The number of halogens is 5. The third-order valence-electron chi connectivity index (χ3n) is 5.61. The zero-order chi connectivity index (χ0) is 27.0. The summed E-state index contributed by atoms with van der Waals surface area (Å²) in [5, 5.41) is 18.2. The molecule has 0 bridgehead atoms. The quantitative estimate of drug-likeness (QED) is 0.353. The Morgan fingerprint density at radius 3 is 2.30 bits per heavy atom. The number of nitrogens with one attached hydrogen (secondary N) is 3. The second-order valence-corrected chi connectivity index (χ2v) is 8.21. The molecule has 0 radical (unpaired) electrons. The van der Waals surface area contributed by atoms with Crippen LogP contribution in [0.25, 0.3) is 11.4 Å². The number of benzene rings is 2. The molecule has 0 unspecified atom stereocenters. The van der Waals surface area contributed by atoms with Crippen LogP contribution in [0.2, 0.25) is 0 Å². The van der Waals surface area contributed by atoms with E-state index in [2.05, 4.69) is 25.9 Å². The van der Waals surface area contributed by atoms with E-state index in [1.165, 1.54) is 25.1 Å². The Balaban J connectivity index is 1.71. The lowest BCUT2D eigenvalue weighted by molar-refractivity contribution is -0.186. The minimum Gasteiger partial charge on any atom is -0.375 e. The molecule has 0 saturated heterocycles. The van der Waals surface area contributed by atoms with E-state index < -0.39 is 47.2 Å². The number of likely N-dealkylation sites (N-methyl/N-ethyl adjacent to an activating group) is 1. The predicted molar refractivity (Wildman–Crippen MR) is 122 cm³/mol. The molecule has 0 spiro atoms. The predicted octanol–water partition coefficient (Wildman–Crippen LogP) is 3.68. The van der Waals surface area contributed by atoms with Crippen molar-refractivity contribution in [2.24, 2.45) is 0 Å². The van der Waals surface area contributed by atoms with Crippen LogP contribution in [0.1, 0.15) is 35.0 Å². The van der Waals surface area contributed by atoms with Crippen LogP contribution in [0.5, 0.6) is 0 Å². The lowest BCUT2D eigenvalue weighted by Crippen LogP contribution is -2.47. The fourth-order valence-electron chi connectivity index (χ4n) is 3.92. The van der Waals surface area contributed by atoms with E-state index in [9.17, 15) is 36.6 Å². The average Bonchev–Trinajstić information content (AvgIpc) is 3.19. The van der Waals surface area contributed by atoms with Gasteiger partial charge in [0.1, 0.15) is 23.0 Å². The Bertz CT molecular complexity index is 1340. The van der Waals surface area contributed by atoms with Crippen LogP contribution in [0.4, 0.5) is 33.5 Å². The maximum Gasteiger partial charge on any atom is 0.392 e. The number of aliphatic hydroxyl groups is 1. The van der Waals surface area contributed by atoms with Crippen LogP contribution in [0.15, 0.2) is 42.5 Å². The number of nitrogens with zero attached hydrogens (tertiary/aromatic N) is 2. The van der Waals surface area contributed by atoms with E-state index in [0.29, 0.717) is 0 Å². The van der Waals surface area contributed by atoms with Crippen molar-refractivity contribution in [1.82, 2.24) is 20.6 Å². The summed E-state index contributed by atoms with van der Waals surface area (Å²) in [5.74, 6) is -4.00. The van der Waals surface area contributed by atoms with Crippen molar-refractivity contribution in [2.45, 2.75) is 31.7 Å². The van der Waals surface area contributed by atoms with Crippen molar-refractivity contribution in [3.05, 3.63) is 70.9 Å². The summed E-state index contributed by atoms with van der Waals surface area (Å²) in [7, 11) is 0. The van der Waals surface area contributed by atoms with E-state index >= 15 is 0 Å². The fraction of sp³-hybridized carbons (Fsp3) is 0.250. The Morgan fingerprint density at radius 2 is 1.70 bits per heavy atom. The summed E-state index contributed by atoms with van der Waals surface area (Å²) in [6.07, 6.45) is -6.65. The molecule has 2 heterocycles. The second-order valence-electron chi connectivity index (χ2n) is 8.21. The fourth-order valence-corrected chi connectivity index (χ4v) is 3.92. The van der Waals surface area contributed by atoms with Gasteiger partial charge in [-0.1, -0.05) is 18.2 Å². The van der Waals surface area contributed by atoms with Crippen LogP contribution in [0, 0.1) is 11.6 Å². The Hall–Kier alpha value is -4.13. The first kappa shape index (κ1) is 25.9. The molecule has 0 saturated carbocycles. The third-order valence-corrected chi connectivity index (χ3v) is 5.61. The van der Waals surface area contributed by atoms with Crippen molar-refractivity contribution in [3.63, 3.8) is 0 Å². The molecule has 1 atom stereocenters. The molecule has 1 aromatic heterocycles. The first-order valence-electron chi connectivity index (χ1n) is 11.0. The molecule has 2 aromatic carbocycles. The molecule has 194 valence electrons. The highest BCUT2D eigenvalue weighted by Gasteiger charge is 2.47. The molecule has 37 heavy (non-hydrogen) atoms. The lowest BCUT2D eigenvalue weighted by atomic mass is 9.89. The molecule has 4 rings (SSSR count). The van der Waals surface area contributed by atoms with E-state index in [1.807, 2.05) is 0 Å². The number of carbonyl (C=O) groups excluding carboxylic acids is 2. The molecular weight excluding hydrogens is 501 g/mol. The molecular formula is C24H20F5N5O3. The van der Waals surface area contributed by atoms with E-state index in [0.717, 1.165) is 24.3 Å². The first-order chi connectivity index (χ1) is 17.4. The number of alkyl halides is 3. The number of hydrogen-bond acceptors (Lipinski definition) is 6. The average molecular weight is 521 g/mol. The molecule has 13 heteroatoms. The largest absolute Gasteiger partial charge is 0.392 e. The first-order valence-corrected chi connectivity index (χ1v) is 11.0. The molecule has 1 aliphatic heterocycles. The van der Waals surface area contributed by atoms with Gasteiger partial charge in [-0.25, -0.2) is 18.7 Å². The van der Waals surface area contributed by atoms with Gasteiger partial charge in [-0.3, -0.25) is 9.59 Å². The summed E-state index contributed by atoms with van der Waals surface area (Å²) in [6.45, 7) is 1.49. The van der Waals surface area contributed by atoms with Gasteiger partial charge in [0.25, 0.3) is 11.8 Å².